The summed E-state index contributed by atoms with van der Waals surface area (Å²) >= 11 is 0. The van der Waals surface area contributed by atoms with Crippen molar-refractivity contribution in [2.75, 3.05) is 33.2 Å². The van der Waals surface area contributed by atoms with Crippen molar-refractivity contribution >= 4 is 5.91 Å². The van der Waals surface area contributed by atoms with E-state index in [9.17, 15) is 4.79 Å². The lowest BCUT2D eigenvalue weighted by Crippen LogP contribution is -2.57. The topological polar surface area (TPSA) is 61.6 Å². The second kappa shape index (κ2) is 6.41. The van der Waals surface area contributed by atoms with Crippen LogP contribution in [0.5, 0.6) is 0 Å². The highest BCUT2D eigenvalue weighted by Gasteiger charge is 2.39. The predicted molar refractivity (Wildman–Crippen MR) is 81.5 cm³/mol. The molecule has 116 valence electrons. The molecule has 1 aliphatic carbocycles. The number of likely N-dealkylation sites (N-methyl/N-ethyl adjacent to an activating group) is 1. The van der Waals surface area contributed by atoms with Gasteiger partial charge in [0.1, 0.15) is 0 Å². The Kier molecular flexibility index (Phi) is 5.04. The van der Waals surface area contributed by atoms with Gasteiger partial charge in [0.25, 0.3) is 0 Å². The largest absolute Gasteiger partial charge is 0.368 e. The number of nitrogens with one attached hydrogen (secondary N) is 1. The van der Waals surface area contributed by atoms with Gasteiger partial charge in [-0.15, -0.1) is 0 Å². The van der Waals surface area contributed by atoms with E-state index in [1.54, 1.807) is 0 Å². The number of nitrogens with zero attached hydrogens (tertiary/aromatic N) is 2. The van der Waals surface area contributed by atoms with E-state index in [1.165, 1.54) is 19.3 Å². The lowest BCUT2D eigenvalue weighted by molar-refractivity contribution is -0.124. The van der Waals surface area contributed by atoms with Crippen LogP contribution in [0.4, 0.5) is 0 Å². The van der Waals surface area contributed by atoms with E-state index >= 15 is 0 Å². The molecule has 2 unspecified atom stereocenters. The number of amides is 1. The van der Waals surface area contributed by atoms with Gasteiger partial charge in [-0.3, -0.25) is 9.69 Å². The smallest absolute Gasteiger partial charge is 0.237 e. The monoisotopic (exact) mass is 282 g/mol. The first-order valence-electron chi connectivity index (χ1n) is 7.91. The molecule has 2 atom stereocenters. The lowest BCUT2D eigenvalue weighted by Gasteiger charge is -2.35. The number of carbonyl (C=O) groups excluding carboxylic acids is 1. The standard InChI is InChI=1S/C15H30N4O/c1-12(19-8-4-7-18(3)9-10-19)11-15(2,14(16)20)17-13-5-6-13/h12-13,17H,4-11H2,1-3H3,(H2,16,20). The maximum absolute atomic E-state index is 11.9. The molecule has 1 saturated heterocycles. The van der Waals surface area contributed by atoms with Crippen LogP contribution in [0, 0.1) is 0 Å². The molecule has 5 nitrogen and oxygen atoms in total. The molecule has 1 amide bonds. The number of primary amides is 1. The van der Waals surface area contributed by atoms with E-state index in [1.807, 2.05) is 6.92 Å². The number of hydrogen-bond acceptors (Lipinski definition) is 4. The molecular formula is C15H30N4O. The number of hydrogen-bond donors (Lipinski definition) is 2. The second-order valence-corrected chi connectivity index (χ2v) is 6.86. The molecule has 2 fully saturated rings. The van der Waals surface area contributed by atoms with Crippen molar-refractivity contribution in [1.29, 1.82) is 0 Å². The molecule has 0 bridgehead atoms. The first-order valence-corrected chi connectivity index (χ1v) is 7.91. The third-order valence-corrected chi connectivity index (χ3v) is 4.72. The van der Waals surface area contributed by atoms with Crippen molar-refractivity contribution in [3.8, 4) is 0 Å². The van der Waals surface area contributed by atoms with Crippen molar-refractivity contribution in [3.05, 3.63) is 0 Å². The van der Waals surface area contributed by atoms with Crippen LogP contribution in [-0.4, -0.2) is 66.6 Å². The zero-order valence-electron chi connectivity index (χ0n) is 13.2. The molecule has 20 heavy (non-hydrogen) atoms. The Morgan fingerprint density at radius 2 is 2.05 bits per heavy atom. The summed E-state index contributed by atoms with van der Waals surface area (Å²) in [6, 6.07) is 0.875. The van der Waals surface area contributed by atoms with Gasteiger partial charge < -0.3 is 16.0 Å². The van der Waals surface area contributed by atoms with Crippen molar-refractivity contribution in [1.82, 2.24) is 15.1 Å². The van der Waals surface area contributed by atoms with Crippen molar-refractivity contribution in [2.45, 2.75) is 57.2 Å². The highest BCUT2D eigenvalue weighted by molar-refractivity contribution is 5.84. The molecule has 0 aromatic carbocycles. The Morgan fingerprint density at radius 1 is 1.35 bits per heavy atom. The fraction of sp³-hybridized carbons (Fsp3) is 0.933. The molecule has 0 radical (unpaired) electrons. The fourth-order valence-corrected chi connectivity index (χ4v) is 3.14. The fourth-order valence-electron chi connectivity index (χ4n) is 3.14. The van der Waals surface area contributed by atoms with Crippen LogP contribution in [0.3, 0.4) is 0 Å². The molecule has 3 N–H and O–H groups in total. The predicted octanol–water partition coefficient (Wildman–Crippen LogP) is 0.399. The van der Waals surface area contributed by atoms with Crippen LogP contribution in [0.1, 0.15) is 39.5 Å². The highest BCUT2D eigenvalue weighted by Crippen LogP contribution is 2.26. The minimum Gasteiger partial charge on any atom is -0.368 e. The molecule has 1 heterocycles. The molecule has 0 aromatic heterocycles. The minimum absolute atomic E-state index is 0.219. The molecule has 1 saturated carbocycles. The van der Waals surface area contributed by atoms with Gasteiger partial charge in [-0.05, 0) is 59.7 Å². The van der Waals surface area contributed by atoms with E-state index in [0.29, 0.717) is 12.1 Å². The average molecular weight is 282 g/mol. The van der Waals surface area contributed by atoms with Crippen molar-refractivity contribution in [3.63, 3.8) is 0 Å². The number of rotatable bonds is 6. The average Bonchev–Trinajstić information content (AvgIpc) is 3.17. The molecule has 5 heteroatoms. The molecule has 1 aliphatic heterocycles. The summed E-state index contributed by atoms with van der Waals surface area (Å²) in [5.41, 5.74) is 5.08. The molecule has 0 aromatic rings. The van der Waals surface area contributed by atoms with Crippen LogP contribution in [0.15, 0.2) is 0 Å². The van der Waals surface area contributed by atoms with Gasteiger partial charge in [-0.1, -0.05) is 0 Å². The summed E-state index contributed by atoms with van der Waals surface area (Å²) in [5.74, 6) is -0.219. The van der Waals surface area contributed by atoms with Crippen LogP contribution >= 0.6 is 0 Å². The maximum Gasteiger partial charge on any atom is 0.237 e. The van der Waals surface area contributed by atoms with E-state index in [0.717, 1.165) is 32.6 Å². The van der Waals surface area contributed by atoms with E-state index < -0.39 is 5.54 Å². The van der Waals surface area contributed by atoms with Gasteiger partial charge in [0.15, 0.2) is 0 Å². The van der Waals surface area contributed by atoms with E-state index in [4.69, 9.17) is 5.73 Å². The Bertz CT molecular complexity index is 345. The van der Waals surface area contributed by atoms with Gasteiger partial charge in [-0.2, -0.15) is 0 Å². The molecule has 0 spiro atoms. The summed E-state index contributed by atoms with van der Waals surface area (Å²) < 4.78 is 0. The van der Waals surface area contributed by atoms with Crippen LogP contribution in [0.2, 0.25) is 0 Å². The Labute approximate surface area is 122 Å². The first-order chi connectivity index (χ1) is 9.40. The van der Waals surface area contributed by atoms with Crippen LogP contribution in [0.25, 0.3) is 0 Å². The van der Waals surface area contributed by atoms with Crippen LogP contribution in [-0.2, 0) is 4.79 Å². The summed E-state index contributed by atoms with van der Waals surface area (Å²) in [6.07, 6.45) is 4.34. The first kappa shape index (κ1) is 15.7. The number of nitrogens with two attached hydrogens (primary N) is 1. The van der Waals surface area contributed by atoms with E-state index in [2.05, 4.69) is 29.1 Å². The van der Waals surface area contributed by atoms with Gasteiger partial charge in [0.05, 0.1) is 5.54 Å². The van der Waals surface area contributed by atoms with Crippen molar-refractivity contribution in [2.24, 2.45) is 5.73 Å². The zero-order valence-corrected chi connectivity index (χ0v) is 13.2. The SMILES string of the molecule is CC(CC(C)(NC1CC1)C(N)=O)N1CCCN(C)CC1. The summed E-state index contributed by atoms with van der Waals surface area (Å²) in [4.78, 5) is 16.7. The van der Waals surface area contributed by atoms with Crippen molar-refractivity contribution < 1.29 is 4.79 Å². The summed E-state index contributed by atoms with van der Waals surface area (Å²) in [5, 5.41) is 3.45. The summed E-state index contributed by atoms with van der Waals surface area (Å²) in [6.45, 7) is 8.65. The maximum atomic E-state index is 11.9. The molecule has 2 aliphatic rings. The van der Waals surface area contributed by atoms with Gasteiger partial charge >= 0.3 is 0 Å². The van der Waals surface area contributed by atoms with Crippen LogP contribution < -0.4 is 11.1 Å². The second-order valence-electron chi connectivity index (χ2n) is 6.86. The normalized spacial score (nSPS) is 26.8. The zero-order chi connectivity index (χ0) is 14.8. The Morgan fingerprint density at radius 3 is 2.65 bits per heavy atom. The lowest BCUT2D eigenvalue weighted by atomic mass is 9.91. The molecule has 2 rings (SSSR count). The highest BCUT2D eigenvalue weighted by atomic mass is 16.1. The third kappa shape index (κ3) is 4.17. The Balaban J connectivity index is 1.92. The quantitative estimate of drug-likeness (QED) is 0.740. The molecular weight excluding hydrogens is 252 g/mol. The number of carbonyl (C=O) groups is 1. The Hall–Kier alpha value is -0.650. The third-order valence-electron chi connectivity index (χ3n) is 4.72. The van der Waals surface area contributed by atoms with Gasteiger partial charge in [0.2, 0.25) is 5.91 Å². The van der Waals surface area contributed by atoms with Gasteiger partial charge in [-0.25, -0.2) is 0 Å². The minimum atomic E-state index is -0.571. The van der Waals surface area contributed by atoms with E-state index in [-0.39, 0.29) is 5.91 Å². The summed E-state index contributed by atoms with van der Waals surface area (Å²) in [7, 11) is 2.18. The van der Waals surface area contributed by atoms with Gasteiger partial charge in [0, 0.05) is 25.2 Å².